The monoisotopic (exact) mass is 403 g/mol. The number of methoxy groups -OCH3 is 2. The first-order valence-corrected chi connectivity index (χ1v) is 9.56. The van der Waals surface area contributed by atoms with E-state index >= 15 is 0 Å². The third kappa shape index (κ3) is 4.00. The van der Waals surface area contributed by atoms with Gasteiger partial charge >= 0.3 is 0 Å². The highest BCUT2D eigenvalue weighted by Crippen LogP contribution is 2.32. The van der Waals surface area contributed by atoms with Gasteiger partial charge in [-0.05, 0) is 54.3 Å². The summed E-state index contributed by atoms with van der Waals surface area (Å²) in [6, 6.07) is 14.4. The van der Waals surface area contributed by atoms with Crippen molar-refractivity contribution in [1.29, 1.82) is 0 Å². The molecule has 0 unspecified atom stereocenters. The maximum absolute atomic E-state index is 12.6. The first-order chi connectivity index (χ1) is 14.6. The van der Waals surface area contributed by atoms with Gasteiger partial charge in [-0.25, -0.2) is 9.97 Å². The lowest BCUT2D eigenvalue weighted by Gasteiger charge is -2.23. The van der Waals surface area contributed by atoms with Crippen molar-refractivity contribution in [2.75, 3.05) is 19.5 Å². The van der Waals surface area contributed by atoms with Gasteiger partial charge in [-0.1, -0.05) is 12.1 Å². The van der Waals surface area contributed by atoms with E-state index in [2.05, 4.69) is 15.3 Å². The van der Waals surface area contributed by atoms with Gasteiger partial charge in [0.25, 0.3) is 5.91 Å². The highest BCUT2D eigenvalue weighted by molar-refractivity contribution is 6.03. The van der Waals surface area contributed by atoms with Crippen molar-refractivity contribution in [3.05, 3.63) is 77.1 Å². The van der Waals surface area contributed by atoms with Crippen LogP contribution >= 0.6 is 0 Å². The summed E-state index contributed by atoms with van der Waals surface area (Å²) < 4.78 is 10.3. The van der Waals surface area contributed by atoms with Crippen molar-refractivity contribution >= 4 is 17.6 Å². The predicted molar refractivity (Wildman–Crippen MR) is 111 cm³/mol. The van der Waals surface area contributed by atoms with E-state index in [0.29, 0.717) is 35.4 Å². The number of ketones is 1. The Morgan fingerprint density at radius 3 is 2.23 bits per heavy atom. The number of ether oxygens (including phenoxy) is 2. The zero-order chi connectivity index (χ0) is 21.1. The molecule has 4 rings (SSSR count). The lowest BCUT2D eigenvalue weighted by atomic mass is 9.82. The quantitative estimate of drug-likeness (QED) is 0.699. The van der Waals surface area contributed by atoms with E-state index in [-0.39, 0.29) is 23.6 Å². The first kappa shape index (κ1) is 19.6. The molecule has 0 fully saturated rings. The van der Waals surface area contributed by atoms with Crippen LogP contribution in [0.15, 0.2) is 54.7 Å². The third-order valence-corrected chi connectivity index (χ3v) is 5.20. The maximum atomic E-state index is 12.6. The summed E-state index contributed by atoms with van der Waals surface area (Å²) in [4.78, 5) is 33.7. The Morgan fingerprint density at radius 1 is 0.967 bits per heavy atom. The van der Waals surface area contributed by atoms with Crippen LogP contribution in [0.1, 0.15) is 44.3 Å². The molecular formula is C23H21N3O4. The van der Waals surface area contributed by atoms with Gasteiger partial charge in [-0.2, -0.15) is 0 Å². The van der Waals surface area contributed by atoms with E-state index in [9.17, 15) is 9.59 Å². The molecule has 1 aliphatic rings. The van der Waals surface area contributed by atoms with Crippen molar-refractivity contribution in [2.24, 2.45) is 0 Å². The zero-order valence-electron chi connectivity index (χ0n) is 16.7. The number of hydrogen-bond acceptors (Lipinski definition) is 6. The van der Waals surface area contributed by atoms with Gasteiger partial charge in [0, 0.05) is 18.2 Å². The number of rotatable bonds is 5. The minimum atomic E-state index is -0.327. The minimum Gasteiger partial charge on any atom is -0.497 e. The fourth-order valence-corrected chi connectivity index (χ4v) is 3.53. The molecule has 30 heavy (non-hydrogen) atoms. The number of fused-ring (bicyclic) bond motifs is 1. The molecule has 0 aliphatic heterocycles. The second-order valence-electron chi connectivity index (χ2n) is 7.04. The van der Waals surface area contributed by atoms with Crippen molar-refractivity contribution in [3.8, 4) is 11.5 Å². The van der Waals surface area contributed by atoms with Crippen LogP contribution in [0.4, 0.5) is 5.95 Å². The number of aromatic nitrogens is 2. The van der Waals surface area contributed by atoms with Crippen molar-refractivity contribution in [2.45, 2.75) is 18.8 Å². The average Bonchev–Trinajstić information content (AvgIpc) is 2.79. The van der Waals surface area contributed by atoms with Crippen LogP contribution in [-0.2, 0) is 6.42 Å². The summed E-state index contributed by atoms with van der Waals surface area (Å²) in [7, 11) is 3.19. The molecule has 1 atom stereocenters. The van der Waals surface area contributed by atoms with Gasteiger partial charge in [0.2, 0.25) is 5.95 Å². The molecule has 0 radical (unpaired) electrons. The van der Waals surface area contributed by atoms with Crippen LogP contribution < -0.4 is 14.8 Å². The molecule has 0 spiro atoms. The standard InChI is InChI=1S/C23H21N3O4/c1-29-17-7-3-14(4-8-17)16-11-20-19(21(27)12-16)13-24-23(25-20)26-22(28)15-5-9-18(30-2)10-6-15/h3-10,13,16H,11-12H2,1-2H3,(H,24,25,26,28)/t16-/m0/s1. The number of anilines is 1. The second-order valence-corrected chi connectivity index (χ2v) is 7.04. The Hall–Kier alpha value is -3.74. The van der Waals surface area contributed by atoms with Gasteiger partial charge in [0.05, 0.1) is 25.5 Å². The molecular weight excluding hydrogens is 382 g/mol. The number of hydrogen-bond donors (Lipinski definition) is 1. The molecule has 0 saturated carbocycles. The summed E-state index contributed by atoms with van der Waals surface area (Å²) in [5.74, 6) is 1.32. The minimum absolute atomic E-state index is 0.00472. The molecule has 7 heteroatoms. The van der Waals surface area contributed by atoms with Crippen LogP contribution in [0.5, 0.6) is 11.5 Å². The third-order valence-electron chi connectivity index (χ3n) is 5.20. The van der Waals surface area contributed by atoms with Crippen LogP contribution in [0.25, 0.3) is 0 Å². The normalized spacial score (nSPS) is 15.3. The largest absolute Gasteiger partial charge is 0.497 e. The number of carbonyl (C=O) groups excluding carboxylic acids is 2. The number of nitrogens with zero attached hydrogens (tertiary/aromatic N) is 2. The van der Waals surface area contributed by atoms with Crippen molar-refractivity contribution in [3.63, 3.8) is 0 Å². The lowest BCUT2D eigenvalue weighted by molar-refractivity contribution is 0.0962. The van der Waals surface area contributed by atoms with Gasteiger partial charge < -0.3 is 9.47 Å². The molecule has 0 saturated heterocycles. The molecule has 2 aromatic carbocycles. The Labute approximate surface area is 174 Å². The van der Waals surface area contributed by atoms with E-state index in [1.807, 2.05) is 24.3 Å². The van der Waals surface area contributed by atoms with E-state index in [1.165, 1.54) is 6.20 Å². The zero-order valence-corrected chi connectivity index (χ0v) is 16.7. The summed E-state index contributed by atoms with van der Waals surface area (Å²) in [6.07, 6.45) is 2.50. The number of carbonyl (C=O) groups is 2. The summed E-state index contributed by atoms with van der Waals surface area (Å²) in [6.45, 7) is 0. The van der Waals surface area contributed by atoms with Gasteiger partial charge in [-0.3, -0.25) is 14.9 Å². The predicted octanol–water partition coefficient (Wildman–Crippen LogP) is 3.66. The Morgan fingerprint density at radius 2 is 1.60 bits per heavy atom. The summed E-state index contributed by atoms with van der Waals surface area (Å²) in [5, 5.41) is 2.70. The fourth-order valence-electron chi connectivity index (χ4n) is 3.53. The maximum Gasteiger partial charge on any atom is 0.258 e. The number of benzene rings is 2. The van der Waals surface area contributed by atoms with Crippen molar-refractivity contribution in [1.82, 2.24) is 9.97 Å². The number of amides is 1. The van der Waals surface area contributed by atoms with Crippen LogP contribution in [-0.4, -0.2) is 35.9 Å². The smallest absolute Gasteiger partial charge is 0.258 e. The van der Waals surface area contributed by atoms with Crippen molar-refractivity contribution < 1.29 is 19.1 Å². The van der Waals surface area contributed by atoms with E-state index in [1.54, 1.807) is 38.5 Å². The molecule has 0 bridgehead atoms. The first-order valence-electron chi connectivity index (χ1n) is 9.56. The number of Topliss-reactive ketones (excluding diaryl/α,β-unsaturated/α-hetero) is 1. The SMILES string of the molecule is COc1ccc(C(=O)Nc2ncc3c(n2)C[C@H](c2ccc(OC)cc2)CC3=O)cc1. The Kier molecular flexibility index (Phi) is 5.43. The summed E-state index contributed by atoms with van der Waals surface area (Å²) >= 11 is 0. The van der Waals surface area contributed by atoms with Gasteiger partial charge in [-0.15, -0.1) is 0 Å². The fraction of sp³-hybridized carbons (Fsp3) is 0.217. The topological polar surface area (TPSA) is 90.4 Å². The Bertz CT molecular complexity index is 1080. The molecule has 1 N–H and O–H groups in total. The van der Waals surface area contributed by atoms with E-state index in [0.717, 1.165) is 11.3 Å². The molecule has 1 aromatic heterocycles. The molecule has 1 aliphatic carbocycles. The molecule has 1 amide bonds. The van der Waals surface area contributed by atoms with E-state index in [4.69, 9.17) is 9.47 Å². The Balaban J connectivity index is 1.53. The van der Waals surface area contributed by atoms with Crippen LogP contribution in [0, 0.1) is 0 Å². The molecule has 7 nitrogen and oxygen atoms in total. The highest BCUT2D eigenvalue weighted by Gasteiger charge is 2.28. The summed E-state index contributed by atoms with van der Waals surface area (Å²) in [5.41, 5.74) is 2.68. The van der Waals surface area contributed by atoms with E-state index < -0.39 is 0 Å². The molecule has 1 heterocycles. The van der Waals surface area contributed by atoms with Crippen LogP contribution in [0.2, 0.25) is 0 Å². The second kappa shape index (κ2) is 8.32. The van der Waals surface area contributed by atoms with Gasteiger partial charge in [0.1, 0.15) is 11.5 Å². The molecule has 152 valence electrons. The highest BCUT2D eigenvalue weighted by atomic mass is 16.5. The average molecular weight is 403 g/mol. The number of nitrogens with one attached hydrogen (secondary N) is 1. The van der Waals surface area contributed by atoms with Gasteiger partial charge in [0.15, 0.2) is 5.78 Å². The lowest BCUT2D eigenvalue weighted by Crippen LogP contribution is -2.22. The molecule has 3 aromatic rings. The van der Waals surface area contributed by atoms with Crippen LogP contribution in [0.3, 0.4) is 0 Å².